The smallest absolute Gasteiger partial charge is 0.307 e. The third-order valence-electron chi connectivity index (χ3n) is 3.94. The molecule has 1 aliphatic carbocycles. The van der Waals surface area contributed by atoms with E-state index in [0.29, 0.717) is 19.4 Å². The third-order valence-corrected chi connectivity index (χ3v) is 3.94. The summed E-state index contributed by atoms with van der Waals surface area (Å²) >= 11 is 0. The Morgan fingerprint density at radius 3 is 2.58 bits per heavy atom. The second kappa shape index (κ2) is 6.19. The predicted molar refractivity (Wildman–Crippen MR) is 69.6 cm³/mol. The number of carbonyl (C=O) groups excluding carboxylic acids is 1. The van der Waals surface area contributed by atoms with Crippen LogP contribution < -0.4 is 0 Å². The Bertz CT molecular complexity index is 374. The van der Waals surface area contributed by atoms with Gasteiger partial charge >= 0.3 is 5.97 Å². The van der Waals surface area contributed by atoms with Crippen molar-refractivity contribution in [2.75, 3.05) is 20.2 Å². The summed E-state index contributed by atoms with van der Waals surface area (Å²) in [6, 6.07) is 0. The van der Waals surface area contributed by atoms with Crippen LogP contribution in [0, 0.1) is 11.8 Å². The Labute approximate surface area is 113 Å². The first-order valence-electron chi connectivity index (χ1n) is 6.84. The van der Waals surface area contributed by atoms with Crippen molar-refractivity contribution in [3.63, 3.8) is 0 Å². The maximum absolute atomic E-state index is 12.4. The molecule has 1 N–H and O–H groups in total. The van der Waals surface area contributed by atoms with Gasteiger partial charge in [0.2, 0.25) is 5.91 Å². The molecule has 0 saturated carbocycles. The maximum Gasteiger partial charge on any atom is 0.307 e. The molecule has 1 fully saturated rings. The number of hydrogen-bond acceptors (Lipinski definition) is 3. The Morgan fingerprint density at radius 2 is 2.00 bits per heavy atom. The fourth-order valence-electron chi connectivity index (χ4n) is 2.83. The van der Waals surface area contributed by atoms with Crippen LogP contribution in [0.3, 0.4) is 0 Å². The first-order valence-corrected chi connectivity index (χ1v) is 6.84. The molecule has 1 aliphatic heterocycles. The first-order chi connectivity index (χ1) is 9.09. The Hall–Kier alpha value is -1.36. The predicted octanol–water partition coefficient (Wildman–Crippen LogP) is 1.29. The molecular formula is C14H21NO4. The van der Waals surface area contributed by atoms with Gasteiger partial charge in [0, 0.05) is 20.2 Å². The van der Waals surface area contributed by atoms with Crippen molar-refractivity contribution in [3.05, 3.63) is 12.2 Å². The van der Waals surface area contributed by atoms with Crippen LogP contribution in [0.25, 0.3) is 0 Å². The number of rotatable bonds is 4. The van der Waals surface area contributed by atoms with E-state index in [1.165, 1.54) is 0 Å². The largest absolute Gasteiger partial charge is 0.481 e. The van der Waals surface area contributed by atoms with Crippen LogP contribution in [0.5, 0.6) is 0 Å². The van der Waals surface area contributed by atoms with Gasteiger partial charge in [0.05, 0.1) is 17.9 Å². The lowest BCUT2D eigenvalue weighted by molar-refractivity contribution is -0.150. The number of carboxylic acids is 1. The van der Waals surface area contributed by atoms with Gasteiger partial charge in [0.1, 0.15) is 0 Å². The van der Waals surface area contributed by atoms with Crippen LogP contribution >= 0.6 is 0 Å². The zero-order valence-corrected chi connectivity index (χ0v) is 11.2. The Balaban J connectivity index is 1.96. The van der Waals surface area contributed by atoms with E-state index in [0.717, 1.165) is 19.4 Å². The monoisotopic (exact) mass is 267 g/mol. The van der Waals surface area contributed by atoms with Gasteiger partial charge in [-0.2, -0.15) is 0 Å². The molecule has 5 heteroatoms. The molecule has 3 atom stereocenters. The van der Waals surface area contributed by atoms with Crippen molar-refractivity contribution in [2.24, 2.45) is 11.8 Å². The van der Waals surface area contributed by atoms with Crippen molar-refractivity contribution >= 4 is 11.9 Å². The highest BCUT2D eigenvalue weighted by molar-refractivity contribution is 5.85. The van der Waals surface area contributed by atoms with Gasteiger partial charge in [0.15, 0.2) is 0 Å². The quantitative estimate of drug-likeness (QED) is 0.779. The molecule has 106 valence electrons. The van der Waals surface area contributed by atoms with Crippen LogP contribution in [0.2, 0.25) is 0 Å². The molecule has 1 saturated heterocycles. The number of nitrogens with zero attached hydrogens (tertiary/aromatic N) is 1. The molecular weight excluding hydrogens is 246 g/mol. The zero-order chi connectivity index (χ0) is 13.8. The molecule has 5 nitrogen and oxygen atoms in total. The summed E-state index contributed by atoms with van der Waals surface area (Å²) in [5.41, 5.74) is 0. The summed E-state index contributed by atoms with van der Waals surface area (Å²) < 4.78 is 5.51. The fourth-order valence-corrected chi connectivity index (χ4v) is 2.83. The van der Waals surface area contributed by atoms with Gasteiger partial charge in [-0.05, 0) is 25.7 Å². The van der Waals surface area contributed by atoms with E-state index in [2.05, 4.69) is 0 Å². The minimum Gasteiger partial charge on any atom is -0.481 e. The highest BCUT2D eigenvalue weighted by Gasteiger charge is 2.36. The zero-order valence-electron chi connectivity index (χ0n) is 11.2. The summed E-state index contributed by atoms with van der Waals surface area (Å²) in [6.45, 7) is 1.32. The normalized spacial score (nSPS) is 30.3. The van der Waals surface area contributed by atoms with Gasteiger partial charge in [-0.1, -0.05) is 12.2 Å². The maximum atomic E-state index is 12.4. The van der Waals surface area contributed by atoms with Crippen LogP contribution in [-0.2, 0) is 14.3 Å². The van der Waals surface area contributed by atoms with Gasteiger partial charge in [0.25, 0.3) is 0 Å². The van der Waals surface area contributed by atoms with Crippen molar-refractivity contribution in [2.45, 2.75) is 31.8 Å². The molecule has 1 amide bonds. The van der Waals surface area contributed by atoms with E-state index in [1.807, 2.05) is 12.2 Å². The number of likely N-dealkylation sites (N-methyl/N-ethyl adjacent to an activating group) is 1. The summed E-state index contributed by atoms with van der Waals surface area (Å²) in [5.74, 6) is -1.99. The lowest BCUT2D eigenvalue weighted by Gasteiger charge is -2.29. The van der Waals surface area contributed by atoms with Crippen LogP contribution in [0.15, 0.2) is 12.2 Å². The van der Waals surface area contributed by atoms with E-state index in [-0.39, 0.29) is 12.0 Å². The van der Waals surface area contributed by atoms with Gasteiger partial charge in [-0.15, -0.1) is 0 Å². The summed E-state index contributed by atoms with van der Waals surface area (Å²) in [5, 5.41) is 9.19. The molecule has 2 aliphatic rings. The lowest BCUT2D eigenvalue weighted by Crippen LogP contribution is -2.42. The molecule has 0 aromatic rings. The molecule has 1 unspecified atom stereocenters. The van der Waals surface area contributed by atoms with Crippen molar-refractivity contribution in [3.8, 4) is 0 Å². The molecule has 0 bridgehead atoms. The highest BCUT2D eigenvalue weighted by atomic mass is 16.5. The van der Waals surface area contributed by atoms with Gasteiger partial charge < -0.3 is 14.7 Å². The van der Waals surface area contributed by atoms with Crippen LogP contribution in [0.4, 0.5) is 0 Å². The fraction of sp³-hybridized carbons (Fsp3) is 0.714. The standard InChI is InChI=1S/C14H21NO4/c1-15(9-10-5-4-8-19-10)13(16)11-6-2-3-7-12(11)14(17)18/h2-3,10-12H,4-9H2,1H3,(H,17,18)/t10?,11-,12+/m1/s1. The van der Waals surface area contributed by atoms with Crippen molar-refractivity contribution in [1.29, 1.82) is 0 Å². The average molecular weight is 267 g/mol. The minimum absolute atomic E-state index is 0.0766. The van der Waals surface area contributed by atoms with E-state index >= 15 is 0 Å². The number of aliphatic carboxylic acids is 1. The second-order valence-electron chi connectivity index (χ2n) is 5.35. The minimum atomic E-state index is -0.881. The number of hydrogen-bond donors (Lipinski definition) is 1. The lowest BCUT2D eigenvalue weighted by atomic mass is 9.82. The highest BCUT2D eigenvalue weighted by Crippen LogP contribution is 2.27. The second-order valence-corrected chi connectivity index (χ2v) is 5.35. The van der Waals surface area contributed by atoms with E-state index in [4.69, 9.17) is 4.74 Å². The summed E-state index contributed by atoms with van der Waals surface area (Å²) in [6.07, 6.45) is 6.84. The van der Waals surface area contributed by atoms with Crippen LogP contribution in [0.1, 0.15) is 25.7 Å². The van der Waals surface area contributed by atoms with Crippen molar-refractivity contribution < 1.29 is 19.4 Å². The molecule has 0 aromatic heterocycles. The third kappa shape index (κ3) is 3.35. The number of ether oxygens (including phenoxy) is 1. The molecule has 2 rings (SSSR count). The average Bonchev–Trinajstić information content (AvgIpc) is 2.90. The van der Waals surface area contributed by atoms with Gasteiger partial charge in [-0.3, -0.25) is 9.59 Å². The SMILES string of the molecule is CN(CC1CCCO1)C(=O)[C@@H]1CC=CC[C@@H]1C(=O)O. The number of carboxylic acid groups (broad SMARTS) is 1. The Morgan fingerprint density at radius 1 is 1.32 bits per heavy atom. The number of amides is 1. The van der Waals surface area contributed by atoms with E-state index in [9.17, 15) is 14.7 Å². The number of carbonyl (C=O) groups is 2. The molecule has 19 heavy (non-hydrogen) atoms. The summed E-state index contributed by atoms with van der Waals surface area (Å²) in [4.78, 5) is 25.2. The topological polar surface area (TPSA) is 66.8 Å². The first kappa shape index (κ1) is 14.1. The Kier molecular flexibility index (Phi) is 4.58. The van der Waals surface area contributed by atoms with Gasteiger partial charge in [-0.25, -0.2) is 0 Å². The number of allylic oxidation sites excluding steroid dienone is 2. The molecule has 1 heterocycles. The molecule has 0 aromatic carbocycles. The van der Waals surface area contributed by atoms with Crippen LogP contribution in [-0.4, -0.2) is 48.2 Å². The van der Waals surface area contributed by atoms with E-state index < -0.39 is 17.8 Å². The summed E-state index contributed by atoms with van der Waals surface area (Å²) in [7, 11) is 1.74. The van der Waals surface area contributed by atoms with Crippen molar-refractivity contribution in [1.82, 2.24) is 4.90 Å². The molecule has 0 spiro atoms. The molecule has 0 radical (unpaired) electrons. The van der Waals surface area contributed by atoms with E-state index in [1.54, 1.807) is 11.9 Å².